The Hall–Kier alpha value is -4.29. The molecule has 0 aliphatic carbocycles. The van der Waals surface area contributed by atoms with Gasteiger partial charge in [-0.25, -0.2) is 14.8 Å². The van der Waals surface area contributed by atoms with E-state index in [2.05, 4.69) is 30.7 Å². The number of benzene rings is 1. The van der Waals surface area contributed by atoms with Crippen LogP contribution in [-0.2, 0) is 7.05 Å². The molecule has 0 fully saturated rings. The van der Waals surface area contributed by atoms with Gasteiger partial charge in [-0.05, 0) is 36.8 Å². The molecule has 13 heteroatoms. The first-order chi connectivity index (χ1) is 16.0. The Morgan fingerprint density at radius 2 is 1.79 bits per heavy atom. The van der Waals surface area contributed by atoms with Crippen LogP contribution in [-0.4, -0.2) is 39.9 Å². The molecule has 1 atom stereocenters. The minimum absolute atomic E-state index is 0.0530. The molecule has 180 valence electrons. The van der Waals surface area contributed by atoms with Crippen molar-refractivity contribution in [3.05, 3.63) is 60.2 Å². The Labute approximate surface area is 192 Å². The molecule has 3 N–H and O–H groups in total. The number of anilines is 2. The third-order valence-electron chi connectivity index (χ3n) is 4.48. The Kier molecular flexibility index (Phi) is 7.24. The van der Waals surface area contributed by atoms with Crippen LogP contribution in [0.5, 0.6) is 11.6 Å². The fourth-order valence-corrected chi connectivity index (χ4v) is 2.87. The topological polar surface area (TPSA) is 119 Å². The van der Waals surface area contributed by atoms with Gasteiger partial charge in [0.2, 0.25) is 11.7 Å². The zero-order valence-electron chi connectivity index (χ0n) is 18.3. The average Bonchev–Trinajstić information content (AvgIpc) is 3.14. The van der Waals surface area contributed by atoms with Gasteiger partial charge in [-0.15, -0.1) is 13.2 Å². The van der Waals surface area contributed by atoms with E-state index in [9.17, 15) is 22.8 Å². The number of halogens is 3. The fourth-order valence-electron chi connectivity index (χ4n) is 2.87. The molecule has 0 aliphatic rings. The second kappa shape index (κ2) is 10.1. The van der Waals surface area contributed by atoms with Crippen LogP contribution in [0.1, 0.15) is 29.1 Å². The van der Waals surface area contributed by atoms with Crippen LogP contribution < -0.4 is 25.4 Å². The molecule has 2 aromatic heterocycles. The van der Waals surface area contributed by atoms with Gasteiger partial charge in [0.15, 0.2) is 5.82 Å². The molecule has 2 heterocycles. The van der Waals surface area contributed by atoms with Crippen LogP contribution in [0.15, 0.2) is 48.8 Å². The Balaban J connectivity index is 1.58. The summed E-state index contributed by atoms with van der Waals surface area (Å²) in [5.74, 6) is -0.290. The van der Waals surface area contributed by atoms with Crippen molar-refractivity contribution in [3.63, 3.8) is 0 Å². The third kappa shape index (κ3) is 6.60. The number of carbonyl (C=O) groups is 2. The van der Waals surface area contributed by atoms with Gasteiger partial charge in [-0.1, -0.05) is 6.07 Å². The summed E-state index contributed by atoms with van der Waals surface area (Å²) in [4.78, 5) is 33.1. The van der Waals surface area contributed by atoms with Gasteiger partial charge >= 0.3 is 12.4 Å². The molecular formula is C21H21F3N6O4. The first kappa shape index (κ1) is 24.4. The van der Waals surface area contributed by atoms with Crippen molar-refractivity contribution in [1.29, 1.82) is 0 Å². The molecule has 0 saturated carbocycles. The highest BCUT2D eigenvalue weighted by Crippen LogP contribution is 2.24. The molecule has 34 heavy (non-hydrogen) atoms. The van der Waals surface area contributed by atoms with Crippen molar-refractivity contribution >= 4 is 23.4 Å². The maximum Gasteiger partial charge on any atom is 0.573 e. The molecule has 3 aromatic rings. The van der Waals surface area contributed by atoms with Crippen molar-refractivity contribution in [2.24, 2.45) is 7.05 Å². The number of hydrogen-bond acceptors (Lipinski definition) is 6. The van der Waals surface area contributed by atoms with Gasteiger partial charge in [0.1, 0.15) is 5.75 Å². The molecule has 0 radical (unpaired) electrons. The van der Waals surface area contributed by atoms with E-state index < -0.39 is 24.1 Å². The summed E-state index contributed by atoms with van der Waals surface area (Å²) in [6.07, 6.45) is -1.78. The van der Waals surface area contributed by atoms with Crippen molar-refractivity contribution in [3.8, 4) is 11.6 Å². The number of methoxy groups -OCH3 is 1. The highest BCUT2D eigenvalue weighted by Gasteiger charge is 2.31. The lowest BCUT2D eigenvalue weighted by atomic mass is 10.1. The second-order valence-electron chi connectivity index (χ2n) is 7.04. The van der Waals surface area contributed by atoms with Crippen molar-refractivity contribution in [1.82, 2.24) is 19.9 Å². The van der Waals surface area contributed by atoms with E-state index in [0.29, 0.717) is 5.88 Å². The van der Waals surface area contributed by atoms with E-state index in [1.54, 1.807) is 32.3 Å². The number of nitrogens with one attached hydrogen (secondary N) is 3. The first-order valence-corrected chi connectivity index (χ1v) is 9.82. The number of hydrogen-bond donors (Lipinski definition) is 3. The van der Waals surface area contributed by atoms with Crippen molar-refractivity contribution in [2.45, 2.75) is 19.3 Å². The summed E-state index contributed by atoms with van der Waals surface area (Å²) < 4.78 is 46.9. The molecule has 1 aromatic carbocycles. The molecule has 1 unspecified atom stereocenters. The number of carbonyl (C=O) groups excluding carboxylic acids is 2. The maximum atomic E-state index is 12.6. The number of aryl methyl sites for hydroxylation is 1. The van der Waals surface area contributed by atoms with Gasteiger partial charge in [0.05, 0.1) is 13.2 Å². The lowest BCUT2D eigenvalue weighted by Crippen LogP contribution is -2.29. The molecule has 3 rings (SSSR count). The van der Waals surface area contributed by atoms with Crippen LogP contribution >= 0.6 is 0 Å². The Morgan fingerprint density at radius 3 is 2.38 bits per heavy atom. The Morgan fingerprint density at radius 1 is 1.09 bits per heavy atom. The van der Waals surface area contributed by atoms with E-state index in [-0.39, 0.29) is 23.4 Å². The summed E-state index contributed by atoms with van der Waals surface area (Å²) in [5, 5.41) is 7.70. The van der Waals surface area contributed by atoms with Crippen LogP contribution in [0.25, 0.3) is 0 Å². The predicted octanol–water partition coefficient (Wildman–Crippen LogP) is 3.86. The maximum absolute atomic E-state index is 12.6. The quantitative estimate of drug-likeness (QED) is 0.475. The fraction of sp³-hybridized carbons (Fsp3) is 0.238. The van der Waals surface area contributed by atoms with E-state index >= 15 is 0 Å². The molecule has 0 spiro atoms. The van der Waals surface area contributed by atoms with Gasteiger partial charge in [0, 0.05) is 31.2 Å². The lowest BCUT2D eigenvalue weighted by Gasteiger charge is -2.14. The van der Waals surface area contributed by atoms with Crippen LogP contribution in [0, 0.1) is 0 Å². The number of imidazole rings is 1. The Bertz CT molecular complexity index is 1150. The molecule has 10 nitrogen and oxygen atoms in total. The number of rotatable bonds is 7. The summed E-state index contributed by atoms with van der Waals surface area (Å²) in [7, 11) is 3.09. The molecule has 0 bridgehead atoms. The SMILES string of the molecule is COc1ccc(C(C)NC(=O)c2nc(NC(=O)Nc3ccc(OC(F)(F)F)cc3)cn2C)cn1. The van der Waals surface area contributed by atoms with E-state index in [1.807, 2.05) is 0 Å². The van der Waals surface area contributed by atoms with Crippen LogP contribution in [0.2, 0.25) is 0 Å². The van der Waals surface area contributed by atoms with Gasteiger partial charge in [-0.3, -0.25) is 10.1 Å². The monoisotopic (exact) mass is 478 g/mol. The minimum Gasteiger partial charge on any atom is -0.481 e. The number of aromatic nitrogens is 3. The minimum atomic E-state index is -4.81. The molecule has 0 aliphatic heterocycles. The largest absolute Gasteiger partial charge is 0.573 e. The molecule has 3 amide bonds. The third-order valence-corrected chi connectivity index (χ3v) is 4.48. The average molecular weight is 478 g/mol. The normalized spacial score (nSPS) is 11.9. The molecule has 0 saturated heterocycles. The number of urea groups is 1. The lowest BCUT2D eigenvalue weighted by molar-refractivity contribution is -0.274. The summed E-state index contributed by atoms with van der Waals surface area (Å²) in [6.45, 7) is 1.78. The van der Waals surface area contributed by atoms with E-state index in [4.69, 9.17) is 4.74 Å². The number of pyridine rings is 1. The van der Waals surface area contributed by atoms with Gasteiger partial charge in [0.25, 0.3) is 5.91 Å². The highest BCUT2D eigenvalue weighted by atomic mass is 19.4. The summed E-state index contributed by atoms with van der Waals surface area (Å²) in [5.41, 5.74) is 0.982. The summed E-state index contributed by atoms with van der Waals surface area (Å²) >= 11 is 0. The highest BCUT2D eigenvalue weighted by molar-refractivity contribution is 5.99. The summed E-state index contributed by atoms with van der Waals surface area (Å²) in [6, 6.07) is 6.99. The predicted molar refractivity (Wildman–Crippen MR) is 116 cm³/mol. The number of amides is 3. The van der Waals surface area contributed by atoms with Gasteiger partial charge < -0.3 is 24.7 Å². The van der Waals surface area contributed by atoms with E-state index in [1.165, 1.54) is 30.0 Å². The van der Waals surface area contributed by atoms with Crippen molar-refractivity contribution in [2.75, 3.05) is 17.7 Å². The number of ether oxygens (including phenoxy) is 2. The number of alkyl halides is 3. The smallest absolute Gasteiger partial charge is 0.481 e. The second-order valence-corrected chi connectivity index (χ2v) is 7.04. The van der Waals surface area contributed by atoms with E-state index in [0.717, 1.165) is 17.7 Å². The van der Waals surface area contributed by atoms with Crippen LogP contribution in [0.3, 0.4) is 0 Å². The zero-order chi connectivity index (χ0) is 24.9. The number of nitrogens with zero attached hydrogens (tertiary/aromatic N) is 3. The van der Waals surface area contributed by atoms with Crippen molar-refractivity contribution < 1.29 is 32.2 Å². The van der Waals surface area contributed by atoms with Crippen LogP contribution in [0.4, 0.5) is 29.5 Å². The standard InChI is InChI=1S/C21H21F3N6O4/c1-12(13-4-9-17(33-3)25-10-13)26-19(31)18-28-16(11-30(18)2)29-20(32)27-14-5-7-15(8-6-14)34-21(22,23)24/h4-12H,1-3H3,(H,26,31)(H2,27,29,32). The zero-order valence-corrected chi connectivity index (χ0v) is 18.3. The first-order valence-electron chi connectivity index (χ1n) is 9.82. The molecular weight excluding hydrogens is 457 g/mol. The van der Waals surface area contributed by atoms with Gasteiger partial charge in [-0.2, -0.15) is 0 Å².